The van der Waals surface area contributed by atoms with E-state index in [1.54, 1.807) is 0 Å². The topological polar surface area (TPSA) is 0 Å². The van der Waals surface area contributed by atoms with Crippen LogP contribution < -0.4 is 0 Å². The van der Waals surface area contributed by atoms with Gasteiger partial charge in [0.05, 0.1) is 0 Å². The summed E-state index contributed by atoms with van der Waals surface area (Å²) in [6.45, 7) is 2.13. The van der Waals surface area contributed by atoms with Crippen LogP contribution in [-0.2, 0) is 0 Å². The Labute approximate surface area is 110 Å². The van der Waals surface area contributed by atoms with Gasteiger partial charge in [0.1, 0.15) is 0 Å². The third kappa shape index (κ3) is 2.95. The summed E-state index contributed by atoms with van der Waals surface area (Å²) in [5.74, 6) is 0. The first-order valence-corrected chi connectivity index (χ1v) is 6.33. The molecule has 0 aliphatic heterocycles. The average molecular weight is 320 g/mol. The third-order valence-corrected chi connectivity index (χ3v) is 3.63. The van der Waals surface area contributed by atoms with Gasteiger partial charge in [-0.1, -0.05) is 54.6 Å². The maximum atomic E-state index is 2.37. The van der Waals surface area contributed by atoms with Crippen LogP contribution in [0.15, 0.2) is 48.5 Å². The van der Waals surface area contributed by atoms with Crippen LogP contribution in [0.4, 0.5) is 0 Å². The number of hydrogen-bond donors (Lipinski definition) is 0. The average Bonchev–Trinajstić information content (AvgIpc) is 2.32. The van der Waals surface area contributed by atoms with Crippen molar-refractivity contribution in [2.24, 2.45) is 0 Å². The van der Waals surface area contributed by atoms with Crippen molar-refractivity contribution in [2.45, 2.75) is 6.92 Å². The molecule has 0 heterocycles. The third-order valence-electron chi connectivity index (χ3n) is 2.46. The fourth-order valence-corrected chi connectivity index (χ4v) is 2.01. The fourth-order valence-electron chi connectivity index (χ4n) is 1.47. The van der Waals surface area contributed by atoms with Crippen molar-refractivity contribution in [3.8, 4) is 0 Å². The van der Waals surface area contributed by atoms with Crippen molar-refractivity contribution in [1.29, 1.82) is 0 Å². The van der Waals surface area contributed by atoms with Crippen molar-refractivity contribution in [1.82, 2.24) is 0 Å². The number of rotatable bonds is 2. The molecule has 0 aromatic heterocycles. The van der Waals surface area contributed by atoms with Gasteiger partial charge in [0.2, 0.25) is 0 Å². The minimum Gasteiger partial charge on any atom is -0.0622 e. The van der Waals surface area contributed by atoms with Crippen LogP contribution in [0.5, 0.6) is 0 Å². The molecular formula is C15H13I. The predicted molar refractivity (Wildman–Crippen MR) is 79.3 cm³/mol. The Morgan fingerprint density at radius 2 is 1.56 bits per heavy atom. The smallest absolute Gasteiger partial charge is 0.0165 e. The summed E-state index contributed by atoms with van der Waals surface area (Å²) in [7, 11) is 0. The molecule has 0 N–H and O–H groups in total. The molecule has 16 heavy (non-hydrogen) atoms. The Morgan fingerprint density at radius 3 is 2.25 bits per heavy atom. The van der Waals surface area contributed by atoms with E-state index < -0.39 is 0 Å². The van der Waals surface area contributed by atoms with Gasteiger partial charge in [0.25, 0.3) is 0 Å². The Kier molecular flexibility index (Phi) is 3.78. The first kappa shape index (κ1) is 11.4. The van der Waals surface area contributed by atoms with E-state index in [0.717, 1.165) is 0 Å². The number of benzene rings is 2. The van der Waals surface area contributed by atoms with E-state index in [4.69, 9.17) is 0 Å². The second-order valence-electron chi connectivity index (χ2n) is 3.75. The molecule has 0 fully saturated rings. The van der Waals surface area contributed by atoms with Crippen LogP contribution in [0.25, 0.3) is 12.2 Å². The van der Waals surface area contributed by atoms with E-state index in [1.807, 2.05) is 6.07 Å². The highest BCUT2D eigenvalue weighted by Gasteiger charge is 1.94. The van der Waals surface area contributed by atoms with Crippen LogP contribution in [0.3, 0.4) is 0 Å². The first-order valence-electron chi connectivity index (χ1n) is 5.25. The molecule has 0 radical (unpaired) electrons. The van der Waals surface area contributed by atoms with Gasteiger partial charge >= 0.3 is 0 Å². The highest BCUT2D eigenvalue weighted by Crippen LogP contribution is 2.15. The van der Waals surface area contributed by atoms with Gasteiger partial charge in [0, 0.05) is 3.57 Å². The van der Waals surface area contributed by atoms with Crippen LogP contribution in [0, 0.1) is 10.5 Å². The van der Waals surface area contributed by atoms with Crippen molar-refractivity contribution in [2.75, 3.05) is 0 Å². The predicted octanol–water partition coefficient (Wildman–Crippen LogP) is 4.77. The highest BCUT2D eigenvalue weighted by atomic mass is 127. The summed E-state index contributed by atoms with van der Waals surface area (Å²) < 4.78 is 1.31. The van der Waals surface area contributed by atoms with Gasteiger partial charge in [-0.05, 0) is 52.3 Å². The van der Waals surface area contributed by atoms with Gasteiger partial charge < -0.3 is 0 Å². The van der Waals surface area contributed by atoms with Crippen molar-refractivity contribution < 1.29 is 0 Å². The van der Waals surface area contributed by atoms with E-state index in [1.165, 1.54) is 20.3 Å². The van der Waals surface area contributed by atoms with E-state index >= 15 is 0 Å². The maximum absolute atomic E-state index is 2.37. The van der Waals surface area contributed by atoms with Crippen molar-refractivity contribution >= 4 is 34.7 Å². The molecule has 0 unspecified atom stereocenters. The molecule has 80 valence electrons. The lowest BCUT2D eigenvalue weighted by molar-refractivity contribution is 1.42. The Hall–Kier alpha value is -1.09. The van der Waals surface area contributed by atoms with Crippen LogP contribution in [0.2, 0.25) is 0 Å². The lowest BCUT2D eigenvalue weighted by Gasteiger charge is -1.99. The SMILES string of the molecule is Cc1ccc(/C=C/c2ccccc2)cc1I. The fraction of sp³-hybridized carbons (Fsp3) is 0.0667. The molecule has 0 aliphatic carbocycles. The highest BCUT2D eigenvalue weighted by molar-refractivity contribution is 14.1. The van der Waals surface area contributed by atoms with E-state index in [2.05, 4.69) is 84.1 Å². The molecular weight excluding hydrogens is 307 g/mol. The van der Waals surface area contributed by atoms with E-state index in [0.29, 0.717) is 0 Å². The Bertz CT molecular complexity index is 498. The van der Waals surface area contributed by atoms with Crippen LogP contribution in [0.1, 0.15) is 16.7 Å². The molecule has 0 amide bonds. The number of halogens is 1. The number of aryl methyl sites for hydroxylation is 1. The molecule has 0 aliphatic rings. The Balaban J connectivity index is 2.21. The summed E-state index contributed by atoms with van der Waals surface area (Å²) in [4.78, 5) is 0. The van der Waals surface area contributed by atoms with Gasteiger partial charge in [-0.2, -0.15) is 0 Å². The van der Waals surface area contributed by atoms with Gasteiger partial charge in [-0.25, -0.2) is 0 Å². The van der Waals surface area contributed by atoms with Crippen LogP contribution >= 0.6 is 22.6 Å². The molecule has 1 heteroatoms. The molecule has 0 saturated carbocycles. The quantitative estimate of drug-likeness (QED) is 0.552. The zero-order chi connectivity index (χ0) is 11.4. The maximum Gasteiger partial charge on any atom is 0.0165 e. The molecule has 0 saturated heterocycles. The second-order valence-corrected chi connectivity index (χ2v) is 4.91. The standard InChI is InChI=1S/C15H13I/c1-12-7-8-14(11-15(12)16)10-9-13-5-3-2-4-6-13/h2-11H,1H3/b10-9+. The summed E-state index contributed by atoms with van der Waals surface area (Å²) in [6, 6.07) is 16.9. The lowest BCUT2D eigenvalue weighted by Crippen LogP contribution is -1.80. The molecule has 2 aromatic carbocycles. The molecule has 2 rings (SSSR count). The zero-order valence-corrected chi connectivity index (χ0v) is 11.3. The largest absolute Gasteiger partial charge is 0.0622 e. The minimum atomic E-state index is 1.23. The molecule has 2 aromatic rings. The monoisotopic (exact) mass is 320 g/mol. The van der Waals surface area contributed by atoms with Gasteiger partial charge in [0.15, 0.2) is 0 Å². The minimum absolute atomic E-state index is 1.23. The van der Waals surface area contributed by atoms with Gasteiger partial charge in [-0.15, -0.1) is 0 Å². The Morgan fingerprint density at radius 1 is 0.875 bits per heavy atom. The van der Waals surface area contributed by atoms with E-state index in [9.17, 15) is 0 Å². The van der Waals surface area contributed by atoms with E-state index in [-0.39, 0.29) is 0 Å². The van der Waals surface area contributed by atoms with Gasteiger partial charge in [-0.3, -0.25) is 0 Å². The second kappa shape index (κ2) is 5.30. The molecule has 0 bridgehead atoms. The van der Waals surface area contributed by atoms with Crippen molar-refractivity contribution in [3.63, 3.8) is 0 Å². The first-order chi connectivity index (χ1) is 7.75. The van der Waals surface area contributed by atoms with Crippen molar-refractivity contribution in [3.05, 3.63) is 68.8 Å². The summed E-state index contributed by atoms with van der Waals surface area (Å²) in [5.41, 5.74) is 3.81. The molecule has 0 atom stereocenters. The molecule has 0 nitrogen and oxygen atoms in total. The van der Waals surface area contributed by atoms with Crippen LogP contribution in [-0.4, -0.2) is 0 Å². The molecule has 0 spiro atoms. The lowest BCUT2D eigenvalue weighted by atomic mass is 10.1. The summed E-state index contributed by atoms with van der Waals surface area (Å²) >= 11 is 2.37. The number of hydrogen-bond acceptors (Lipinski definition) is 0. The summed E-state index contributed by atoms with van der Waals surface area (Å²) in [5, 5.41) is 0. The zero-order valence-electron chi connectivity index (χ0n) is 9.15. The summed E-state index contributed by atoms with van der Waals surface area (Å²) in [6.07, 6.45) is 4.29. The normalized spacial score (nSPS) is 10.9.